The van der Waals surface area contributed by atoms with Gasteiger partial charge >= 0.3 is 0 Å². The molecule has 0 N–H and O–H groups in total. The second kappa shape index (κ2) is 19.7. The fourth-order valence-electron chi connectivity index (χ4n) is 12.5. The molecule has 0 spiro atoms. The van der Waals surface area contributed by atoms with Gasteiger partial charge in [0.15, 0.2) is 17.5 Å². The van der Waals surface area contributed by atoms with Crippen LogP contribution < -0.4 is 0 Å². The van der Waals surface area contributed by atoms with Crippen LogP contribution in [0.25, 0.3) is 144 Å². The van der Waals surface area contributed by atoms with Crippen molar-refractivity contribution in [3.05, 3.63) is 296 Å². The quantitative estimate of drug-likeness (QED) is 0.160. The molecule has 5 heterocycles. The summed E-state index contributed by atoms with van der Waals surface area (Å²) in [7, 11) is 0. The highest BCUT2D eigenvalue weighted by molar-refractivity contribution is 6.31. The lowest BCUT2D eigenvalue weighted by Gasteiger charge is -2.16. The number of aromatic nitrogens is 7. The van der Waals surface area contributed by atoms with Crippen molar-refractivity contribution < 1.29 is 0 Å². The van der Waals surface area contributed by atoms with E-state index in [2.05, 4.69) is 249 Å². The van der Waals surface area contributed by atoms with Crippen molar-refractivity contribution in [1.82, 2.24) is 33.2 Å². The second-order valence-electron chi connectivity index (χ2n) is 20.9. The zero-order valence-corrected chi connectivity index (χ0v) is 45.5. The van der Waals surface area contributed by atoms with Gasteiger partial charge in [-0.25, -0.2) is 15.0 Å². The summed E-state index contributed by atoms with van der Waals surface area (Å²) in [6.07, 6.45) is 0. The Hall–Kier alpha value is -10.9. The van der Waals surface area contributed by atoms with Gasteiger partial charge < -0.3 is 18.3 Å². The summed E-state index contributed by atoms with van der Waals surface area (Å²) < 4.78 is 9.35. The largest absolute Gasteiger partial charge is 0.309 e. The lowest BCUT2D eigenvalue weighted by atomic mass is 10.1. The zero-order chi connectivity index (χ0) is 55.0. The molecular formula is C75H48ClN7. The number of rotatable bonds is 7. The molecule has 0 saturated heterocycles. The van der Waals surface area contributed by atoms with Gasteiger partial charge in [-0.3, -0.25) is 0 Å². The molecule has 0 unspecified atom stereocenters. The highest BCUT2D eigenvalue weighted by Gasteiger charge is 2.21. The average molecular weight is 1080 g/mol. The maximum atomic E-state index is 6.76. The van der Waals surface area contributed by atoms with Crippen LogP contribution in [0.5, 0.6) is 0 Å². The molecule has 0 amide bonds. The van der Waals surface area contributed by atoms with Gasteiger partial charge in [0.2, 0.25) is 0 Å². The van der Waals surface area contributed by atoms with Crippen LogP contribution in [0.15, 0.2) is 291 Å². The van der Waals surface area contributed by atoms with E-state index in [-0.39, 0.29) is 0 Å². The molecule has 7 nitrogen and oxygen atoms in total. The Morgan fingerprint density at radius 2 is 0.410 bits per heavy atom. The monoisotopic (exact) mass is 1080 g/mol. The van der Waals surface area contributed by atoms with Crippen molar-refractivity contribution in [3.8, 4) is 56.9 Å². The number of halogens is 1. The maximum Gasteiger partial charge on any atom is 0.164 e. The molecule has 17 rings (SSSR count). The summed E-state index contributed by atoms with van der Waals surface area (Å²) in [6.45, 7) is 0. The smallest absolute Gasteiger partial charge is 0.164 e. The predicted octanol–water partition coefficient (Wildman–Crippen LogP) is 19.6. The SMILES string of the molecule is Clc1cc(-n2c3ccccc3c3ccccc32)cc(-n2c3ccccc3c3ccccc32)c1.c1ccc(-c2nc(-c3ccccc3)nc(-c3cc(-n4c5ccccc5c5ccccc54)cc(-n4c5ccccc5c5ccccc54)c3)n2)cc1. The Balaban J connectivity index is 0.000000148. The minimum atomic E-state index is 0.613. The zero-order valence-electron chi connectivity index (χ0n) is 44.7. The van der Waals surface area contributed by atoms with Gasteiger partial charge in [-0.15, -0.1) is 0 Å². The van der Waals surface area contributed by atoms with Gasteiger partial charge in [0.05, 0.1) is 44.1 Å². The summed E-state index contributed by atoms with van der Waals surface area (Å²) in [5, 5.41) is 10.5. The van der Waals surface area contributed by atoms with Crippen molar-refractivity contribution in [3.63, 3.8) is 0 Å². The molecule has 0 aliphatic rings. The molecule has 0 aliphatic carbocycles. The van der Waals surface area contributed by atoms with E-state index < -0.39 is 0 Å². The van der Waals surface area contributed by atoms with Gasteiger partial charge in [-0.2, -0.15) is 0 Å². The molecule has 0 saturated carbocycles. The molecule has 8 heteroatoms. The number of hydrogen-bond donors (Lipinski definition) is 0. The topological polar surface area (TPSA) is 58.4 Å². The van der Waals surface area contributed by atoms with Gasteiger partial charge in [0.1, 0.15) is 0 Å². The first-order valence-corrected chi connectivity index (χ1v) is 28.2. The van der Waals surface area contributed by atoms with E-state index in [1.807, 2.05) is 60.7 Å². The van der Waals surface area contributed by atoms with Crippen LogP contribution >= 0.6 is 11.6 Å². The van der Waals surface area contributed by atoms with E-state index in [4.69, 9.17) is 26.6 Å². The third-order valence-electron chi connectivity index (χ3n) is 16.1. The standard InChI is InChI=1S/C45H29N5.C30H19ClN2/c1-3-15-30(16-4-1)43-46-44(31-17-5-2-6-18-31)48-45(47-43)32-27-33(49-39-23-11-7-19-35(39)36-20-8-12-24-40(36)49)29-34(28-32)50-41-25-13-9-21-37(41)38-22-10-14-26-42(38)50;31-20-17-21(32-27-13-5-1-9-23(27)24-10-2-6-14-28(24)32)19-22(18-20)33-29-15-7-3-11-25(29)26-12-4-8-16-30(26)33/h1-29H;1-19H. The van der Waals surface area contributed by atoms with E-state index in [0.717, 1.165) is 61.5 Å². The summed E-state index contributed by atoms with van der Waals surface area (Å²) >= 11 is 6.76. The minimum absolute atomic E-state index is 0.613. The number of hydrogen-bond acceptors (Lipinski definition) is 3. The fourth-order valence-corrected chi connectivity index (χ4v) is 12.8. The molecule has 0 bridgehead atoms. The van der Waals surface area contributed by atoms with Crippen molar-refractivity contribution in [1.29, 1.82) is 0 Å². The molecular weight excluding hydrogens is 1030 g/mol. The lowest BCUT2D eigenvalue weighted by Crippen LogP contribution is -2.03. The van der Waals surface area contributed by atoms with E-state index >= 15 is 0 Å². The Morgan fingerprint density at radius 1 is 0.205 bits per heavy atom. The Morgan fingerprint density at radius 3 is 0.663 bits per heavy atom. The summed E-state index contributed by atoms with van der Waals surface area (Å²) in [5.74, 6) is 1.88. The molecule has 83 heavy (non-hydrogen) atoms. The van der Waals surface area contributed by atoms with Gasteiger partial charge in [-0.05, 0) is 84.9 Å². The van der Waals surface area contributed by atoms with Crippen LogP contribution in [0.4, 0.5) is 0 Å². The van der Waals surface area contributed by atoms with Crippen molar-refractivity contribution in [2.24, 2.45) is 0 Å². The number of fused-ring (bicyclic) bond motifs is 12. The first kappa shape index (κ1) is 48.1. The van der Waals surface area contributed by atoms with Crippen molar-refractivity contribution >= 4 is 98.8 Å². The third kappa shape index (κ3) is 8.08. The highest BCUT2D eigenvalue weighted by Crippen LogP contribution is 2.40. The van der Waals surface area contributed by atoms with E-state index in [0.29, 0.717) is 22.5 Å². The van der Waals surface area contributed by atoms with E-state index in [9.17, 15) is 0 Å². The Kier molecular flexibility index (Phi) is 11.4. The maximum absolute atomic E-state index is 6.76. The van der Waals surface area contributed by atoms with E-state index in [1.54, 1.807) is 0 Å². The molecule has 17 aromatic rings. The molecule has 5 aromatic heterocycles. The Labute approximate surface area is 482 Å². The molecule has 12 aromatic carbocycles. The first-order valence-electron chi connectivity index (χ1n) is 27.9. The van der Waals surface area contributed by atoms with Gasteiger partial charge in [-0.1, -0.05) is 218 Å². The van der Waals surface area contributed by atoms with E-state index in [1.165, 1.54) is 65.2 Å². The predicted molar refractivity (Wildman–Crippen MR) is 345 cm³/mol. The van der Waals surface area contributed by atoms with Crippen LogP contribution in [-0.4, -0.2) is 33.2 Å². The molecule has 390 valence electrons. The van der Waals surface area contributed by atoms with Gasteiger partial charge in [0, 0.05) is 87.6 Å². The van der Waals surface area contributed by atoms with Crippen LogP contribution in [0, 0.1) is 0 Å². The molecule has 0 radical (unpaired) electrons. The molecule has 0 aliphatic heterocycles. The van der Waals surface area contributed by atoms with Crippen LogP contribution in [0.1, 0.15) is 0 Å². The summed E-state index contributed by atoms with van der Waals surface area (Å²) in [5.41, 5.74) is 16.2. The van der Waals surface area contributed by atoms with Crippen LogP contribution in [-0.2, 0) is 0 Å². The average Bonchev–Trinajstić information content (AvgIpc) is 4.50. The van der Waals surface area contributed by atoms with Crippen LogP contribution in [0.3, 0.4) is 0 Å². The van der Waals surface area contributed by atoms with Crippen molar-refractivity contribution in [2.75, 3.05) is 0 Å². The van der Waals surface area contributed by atoms with Crippen LogP contribution in [0.2, 0.25) is 5.02 Å². The number of benzene rings is 12. The molecule has 0 fully saturated rings. The number of nitrogens with zero attached hydrogens (tertiary/aromatic N) is 7. The second-order valence-corrected chi connectivity index (χ2v) is 21.4. The first-order chi connectivity index (χ1) is 41.1. The minimum Gasteiger partial charge on any atom is -0.309 e. The summed E-state index contributed by atoms with van der Waals surface area (Å²) in [4.78, 5) is 15.3. The molecule has 0 atom stereocenters. The summed E-state index contributed by atoms with van der Waals surface area (Å²) in [6, 6.07) is 102. The lowest BCUT2D eigenvalue weighted by molar-refractivity contribution is 1.07. The highest BCUT2D eigenvalue weighted by atomic mass is 35.5. The fraction of sp³-hybridized carbons (Fsp3) is 0. The van der Waals surface area contributed by atoms with Crippen molar-refractivity contribution in [2.45, 2.75) is 0 Å². The third-order valence-corrected chi connectivity index (χ3v) is 16.3. The Bertz CT molecular complexity index is 4830. The number of para-hydroxylation sites is 8. The van der Waals surface area contributed by atoms with Gasteiger partial charge in [0.25, 0.3) is 0 Å². The normalized spacial score (nSPS) is 11.7.